The summed E-state index contributed by atoms with van der Waals surface area (Å²) in [6.07, 6.45) is -6.55. The number of H-pyrrole nitrogens is 1. The highest BCUT2D eigenvalue weighted by atomic mass is 19.4. The molecule has 1 aromatic carbocycles. The van der Waals surface area contributed by atoms with E-state index in [9.17, 15) is 26.7 Å². The highest BCUT2D eigenvalue weighted by Gasteiger charge is 2.27. The van der Waals surface area contributed by atoms with Crippen molar-refractivity contribution in [2.75, 3.05) is 45.9 Å². The van der Waals surface area contributed by atoms with E-state index >= 15 is 0 Å². The SMILES string of the molecule is O=C(c1ccc2nc(C(F)F)[nH]c2c1)N1CCN(CCCOCC(F)(F)F)CC1. The van der Waals surface area contributed by atoms with Crippen LogP contribution in [0.3, 0.4) is 0 Å². The van der Waals surface area contributed by atoms with E-state index < -0.39 is 25.0 Å². The van der Waals surface area contributed by atoms with Crippen molar-refractivity contribution in [1.82, 2.24) is 19.8 Å². The van der Waals surface area contributed by atoms with Gasteiger partial charge in [-0.25, -0.2) is 13.8 Å². The molecule has 160 valence electrons. The first-order valence-corrected chi connectivity index (χ1v) is 9.17. The van der Waals surface area contributed by atoms with Crippen LogP contribution in [0, 0.1) is 0 Å². The molecule has 2 heterocycles. The van der Waals surface area contributed by atoms with Crippen LogP contribution >= 0.6 is 0 Å². The molecule has 0 spiro atoms. The average molecular weight is 420 g/mol. The number of amides is 1. The fourth-order valence-corrected chi connectivity index (χ4v) is 3.20. The molecule has 1 amide bonds. The Morgan fingerprint density at radius 2 is 1.93 bits per heavy atom. The quantitative estimate of drug-likeness (QED) is 0.552. The predicted molar refractivity (Wildman–Crippen MR) is 94.9 cm³/mol. The van der Waals surface area contributed by atoms with Crippen LogP contribution in [0.5, 0.6) is 0 Å². The van der Waals surface area contributed by atoms with Crippen LogP contribution in [0.2, 0.25) is 0 Å². The number of nitrogens with zero attached hydrogens (tertiary/aromatic N) is 3. The Balaban J connectivity index is 1.47. The Labute approximate surface area is 163 Å². The highest BCUT2D eigenvalue weighted by Crippen LogP contribution is 2.21. The van der Waals surface area contributed by atoms with Gasteiger partial charge in [-0.3, -0.25) is 9.69 Å². The minimum absolute atomic E-state index is 0.0312. The molecule has 1 aromatic heterocycles. The van der Waals surface area contributed by atoms with Crippen molar-refractivity contribution in [2.45, 2.75) is 19.0 Å². The second-order valence-corrected chi connectivity index (χ2v) is 6.81. The maximum absolute atomic E-state index is 12.7. The number of carbonyl (C=O) groups excluding carboxylic acids is 1. The van der Waals surface area contributed by atoms with E-state index in [1.54, 1.807) is 11.0 Å². The second kappa shape index (κ2) is 9.04. The lowest BCUT2D eigenvalue weighted by Crippen LogP contribution is -2.49. The molecule has 29 heavy (non-hydrogen) atoms. The van der Waals surface area contributed by atoms with Gasteiger partial charge in [-0.1, -0.05) is 0 Å². The van der Waals surface area contributed by atoms with E-state index in [1.165, 1.54) is 12.1 Å². The summed E-state index contributed by atoms with van der Waals surface area (Å²) < 4.78 is 66.1. The minimum Gasteiger partial charge on any atom is -0.372 e. The van der Waals surface area contributed by atoms with Gasteiger partial charge in [-0.2, -0.15) is 13.2 Å². The van der Waals surface area contributed by atoms with Gasteiger partial charge in [0.2, 0.25) is 0 Å². The summed E-state index contributed by atoms with van der Waals surface area (Å²) in [6, 6.07) is 4.61. The number of aromatic nitrogens is 2. The summed E-state index contributed by atoms with van der Waals surface area (Å²) in [7, 11) is 0. The van der Waals surface area contributed by atoms with Crippen LogP contribution in [0.1, 0.15) is 29.0 Å². The smallest absolute Gasteiger partial charge is 0.372 e. The number of benzene rings is 1. The third-order valence-electron chi connectivity index (χ3n) is 4.64. The molecule has 0 saturated carbocycles. The number of halogens is 5. The first-order valence-electron chi connectivity index (χ1n) is 9.17. The number of hydrogen-bond acceptors (Lipinski definition) is 4. The molecular weight excluding hydrogens is 399 g/mol. The third-order valence-corrected chi connectivity index (χ3v) is 4.64. The summed E-state index contributed by atoms with van der Waals surface area (Å²) in [5.74, 6) is -0.634. The molecule has 0 aliphatic carbocycles. The van der Waals surface area contributed by atoms with Crippen molar-refractivity contribution in [2.24, 2.45) is 0 Å². The Hall–Kier alpha value is -2.27. The molecule has 6 nitrogen and oxygen atoms in total. The van der Waals surface area contributed by atoms with Gasteiger partial charge in [-0.15, -0.1) is 0 Å². The zero-order valence-electron chi connectivity index (χ0n) is 15.5. The van der Waals surface area contributed by atoms with Crippen LogP contribution in [0.4, 0.5) is 22.0 Å². The highest BCUT2D eigenvalue weighted by molar-refractivity contribution is 5.97. The molecule has 1 aliphatic rings. The molecule has 0 radical (unpaired) electrons. The van der Waals surface area contributed by atoms with Gasteiger partial charge < -0.3 is 14.6 Å². The Bertz CT molecular complexity index is 831. The zero-order valence-corrected chi connectivity index (χ0v) is 15.5. The average Bonchev–Trinajstić information content (AvgIpc) is 3.10. The van der Waals surface area contributed by atoms with E-state index in [0.717, 1.165) is 0 Å². The minimum atomic E-state index is -4.31. The molecular formula is C18H21F5N4O2. The zero-order chi connectivity index (χ0) is 21.0. The van der Waals surface area contributed by atoms with Crippen molar-refractivity contribution in [3.8, 4) is 0 Å². The Morgan fingerprint density at radius 1 is 1.21 bits per heavy atom. The molecule has 0 unspecified atom stereocenters. The van der Waals surface area contributed by atoms with Gasteiger partial charge >= 0.3 is 6.18 Å². The first-order chi connectivity index (χ1) is 13.7. The molecule has 0 bridgehead atoms. The van der Waals surface area contributed by atoms with Crippen LogP contribution in [0.25, 0.3) is 11.0 Å². The number of carbonyl (C=O) groups is 1. The maximum atomic E-state index is 12.7. The summed E-state index contributed by atoms with van der Waals surface area (Å²) in [4.78, 5) is 22.7. The van der Waals surface area contributed by atoms with Gasteiger partial charge in [0.1, 0.15) is 6.61 Å². The van der Waals surface area contributed by atoms with E-state index in [0.29, 0.717) is 55.7 Å². The molecule has 1 aliphatic heterocycles. The lowest BCUT2D eigenvalue weighted by Gasteiger charge is -2.34. The van der Waals surface area contributed by atoms with Crippen molar-refractivity contribution in [3.63, 3.8) is 0 Å². The first kappa shape index (κ1) is 21.4. The van der Waals surface area contributed by atoms with Crippen LogP contribution in [-0.4, -0.2) is 77.8 Å². The summed E-state index contributed by atoms with van der Waals surface area (Å²) >= 11 is 0. The molecule has 0 atom stereocenters. The number of nitrogens with one attached hydrogen (secondary N) is 1. The summed E-state index contributed by atoms with van der Waals surface area (Å²) in [5, 5.41) is 0. The topological polar surface area (TPSA) is 61.5 Å². The number of ether oxygens (including phenoxy) is 1. The van der Waals surface area contributed by atoms with Gasteiger partial charge in [0.05, 0.1) is 11.0 Å². The van der Waals surface area contributed by atoms with Gasteiger partial charge in [0.15, 0.2) is 5.82 Å². The Morgan fingerprint density at radius 3 is 2.59 bits per heavy atom. The van der Waals surface area contributed by atoms with Crippen LogP contribution in [0.15, 0.2) is 18.2 Å². The van der Waals surface area contributed by atoms with Gasteiger partial charge in [0.25, 0.3) is 12.3 Å². The van der Waals surface area contributed by atoms with Crippen molar-refractivity contribution in [1.29, 1.82) is 0 Å². The monoisotopic (exact) mass is 420 g/mol. The summed E-state index contributed by atoms with van der Waals surface area (Å²) in [6.45, 7) is 1.55. The van der Waals surface area contributed by atoms with Crippen molar-refractivity contribution < 1.29 is 31.5 Å². The standard InChI is InChI=1S/C18H21F5N4O2/c19-15(20)16-24-13-3-2-12(10-14(13)25-16)17(28)27-7-5-26(6-8-27)4-1-9-29-11-18(21,22)23/h2-3,10,15H,1,4-9,11H2,(H,24,25). The number of alkyl halides is 5. The predicted octanol–water partition coefficient (Wildman–Crippen LogP) is 3.23. The fourth-order valence-electron chi connectivity index (χ4n) is 3.20. The maximum Gasteiger partial charge on any atom is 0.411 e. The molecule has 1 saturated heterocycles. The van der Waals surface area contributed by atoms with E-state index in [-0.39, 0.29) is 12.5 Å². The van der Waals surface area contributed by atoms with Crippen LogP contribution in [-0.2, 0) is 4.74 Å². The summed E-state index contributed by atoms with van der Waals surface area (Å²) in [5.41, 5.74) is 1.13. The van der Waals surface area contributed by atoms with Crippen LogP contribution < -0.4 is 0 Å². The molecule has 1 N–H and O–H groups in total. The molecule has 3 rings (SSSR count). The number of rotatable bonds is 7. The molecule has 11 heteroatoms. The normalized spacial score (nSPS) is 16.1. The number of imidazole rings is 1. The number of aromatic amines is 1. The Kier molecular flexibility index (Phi) is 6.68. The number of fused-ring (bicyclic) bond motifs is 1. The second-order valence-electron chi connectivity index (χ2n) is 6.81. The lowest BCUT2D eigenvalue weighted by molar-refractivity contribution is -0.174. The largest absolute Gasteiger partial charge is 0.411 e. The van der Waals surface area contributed by atoms with Crippen molar-refractivity contribution >= 4 is 16.9 Å². The third kappa shape index (κ3) is 5.86. The number of piperazine rings is 1. The van der Waals surface area contributed by atoms with E-state index in [4.69, 9.17) is 0 Å². The van der Waals surface area contributed by atoms with Gasteiger partial charge in [0, 0.05) is 44.9 Å². The number of hydrogen-bond donors (Lipinski definition) is 1. The van der Waals surface area contributed by atoms with Crippen molar-refractivity contribution in [3.05, 3.63) is 29.6 Å². The fraction of sp³-hybridized carbons (Fsp3) is 0.556. The molecule has 2 aromatic rings. The lowest BCUT2D eigenvalue weighted by atomic mass is 10.1. The van der Waals surface area contributed by atoms with E-state index in [2.05, 4.69) is 19.6 Å². The van der Waals surface area contributed by atoms with Gasteiger partial charge in [-0.05, 0) is 24.6 Å². The van der Waals surface area contributed by atoms with E-state index in [1.807, 2.05) is 0 Å². The molecule has 1 fully saturated rings.